The Morgan fingerprint density at radius 3 is 1.14 bits per heavy atom. The van der Waals surface area contributed by atoms with E-state index in [9.17, 15) is 50.6 Å². The van der Waals surface area contributed by atoms with Crippen molar-refractivity contribution in [1.29, 1.82) is 0 Å². The normalized spacial score (nSPS) is 19.5. The third kappa shape index (κ3) is 2.21. The lowest BCUT2D eigenvalue weighted by molar-refractivity contribution is -0.872. The Hall–Kier alpha value is -3.20. The largest absolute Gasteiger partial charge is 0.495 e. The van der Waals surface area contributed by atoms with E-state index in [-0.39, 0.29) is 5.01 Å². The molecule has 0 aromatic carbocycles. The summed E-state index contributed by atoms with van der Waals surface area (Å²) >= 11 is 0. The van der Waals surface area contributed by atoms with Crippen molar-refractivity contribution in [2.45, 2.75) is 17.7 Å². The van der Waals surface area contributed by atoms with Gasteiger partial charge in [0.05, 0.1) is 0 Å². The Kier molecular flexibility index (Phi) is 3.57. The first-order valence-electron chi connectivity index (χ1n) is 4.97. The van der Waals surface area contributed by atoms with E-state index in [4.69, 9.17) is 0 Å². The van der Waals surface area contributed by atoms with Gasteiger partial charge >= 0.3 is 11.3 Å². The third-order valence-electron chi connectivity index (χ3n) is 3.03. The highest BCUT2D eigenvalue weighted by atomic mass is 16.7. The molecular formula is C5H6N6O10. The van der Waals surface area contributed by atoms with E-state index < -0.39 is 55.6 Å². The molecule has 0 radical (unpaired) electrons. The van der Waals surface area contributed by atoms with Crippen LogP contribution in [-0.4, -0.2) is 54.1 Å². The van der Waals surface area contributed by atoms with E-state index in [0.29, 0.717) is 0 Å². The summed E-state index contributed by atoms with van der Waals surface area (Å²) in [5.41, 5.74) is -6.85. The molecule has 0 spiro atoms. The summed E-state index contributed by atoms with van der Waals surface area (Å²) in [4.78, 5) is 47.8. The van der Waals surface area contributed by atoms with E-state index in [1.165, 1.54) is 0 Å². The summed E-state index contributed by atoms with van der Waals surface area (Å²) in [5, 5.41) is 52.6. The minimum absolute atomic E-state index is 0.263. The predicted molar refractivity (Wildman–Crippen MR) is 56.6 cm³/mol. The van der Waals surface area contributed by atoms with Crippen molar-refractivity contribution in [3.05, 3.63) is 50.6 Å². The molecule has 16 nitrogen and oxygen atoms in total. The third-order valence-corrected chi connectivity index (χ3v) is 3.03. The van der Waals surface area contributed by atoms with Crippen LogP contribution in [0.1, 0.15) is 6.42 Å². The fourth-order valence-electron chi connectivity index (χ4n) is 1.94. The Balaban J connectivity index is 3.53. The van der Waals surface area contributed by atoms with Crippen LogP contribution in [0.25, 0.3) is 0 Å². The second kappa shape index (κ2) is 4.72. The number of hydrogen-bond acceptors (Lipinski definition) is 10. The van der Waals surface area contributed by atoms with Gasteiger partial charge < -0.3 is 0 Å². The van der Waals surface area contributed by atoms with Crippen LogP contribution in [0.2, 0.25) is 0 Å². The van der Waals surface area contributed by atoms with Crippen molar-refractivity contribution in [3.63, 3.8) is 0 Å². The van der Waals surface area contributed by atoms with Crippen LogP contribution in [-0.2, 0) is 0 Å². The predicted octanol–water partition coefficient (Wildman–Crippen LogP) is -1.62. The molecule has 16 heteroatoms. The smallest absolute Gasteiger partial charge is 0.258 e. The Labute approximate surface area is 112 Å². The van der Waals surface area contributed by atoms with Crippen LogP contribution in [0.5, 0.6) is 0 Å². The molecule has 0 aliphatic carbocycles. The van der Waals surface area contributed by atoms with E-state index in [1.54, 1.807) is 0 Å². The van der Waals surface area contributed by atoms with Crippen molar-refractivity contribution in [1.82, 2.24) is 5.01 Å². The summed E-state index contributed by atoms with van der Waals surface area (Å²) < 4.78 is 0. The molecule has 0 atom stereocenters. The lowest BCUT2D eigenvalue weighted by Gasteiger charge is -2.29. The number of hydrazine groups is 1. The van der Waals surface area contributed by atoms with Gasteiger partial charge in [-0.3, -0.25) is 40.5 Å². The standard InChI is InChI=1S/C5H6N6O10/c12-7(13)4(8(14)15)1-5(9(16)17,10(18)19)3-6(2-4)11(20)21/h1-3H2. The van der Waals surface area contributed by atoms with Crippen molar-refractivity contribution in [2.24, 2.45) is 0 Å². The quantitative estimate of drug-likeness (QED) is 0.319. The Morgan fingerprint density at radius 2 is 0.952 bits per heavy atom. The average Bonchev–Trinajstić information content (AvgIpc) is 2.36. The molecule has 1 aliphatic heterocycles. The van der Waals surface area contributed by atoms with E-state index in [2.05, 4.69) is 0 Å². The van der Waals surface area contributed by atoms with Crippen molar-refractivity contribution >= 4 is 0 Å². The molecule has 0 N–H and O–H groups in total. The molecule has 0 saturated carbocycles. The van der Waals surface area contributed by atoms with Gasteiger partial charge in [0.2, 0.25) is 19.5 Å². The number of nitrogens with zero attached hydrogens (tertiary/aromatic N) is 6. The maximum atomic E-state index is 10.9. The average molecular weight is 310 g/mol. The molecule has 1 fully saturated rings. The van der Waals surface area contributed by atoms with Crippen LogP contribution >= 0.6 is 0 Å². The topological polar surface area (TPSA) is 219 Å². The van der Waals surface area contributed by atoms with Crippen LogP contribution in [0.15, 0.2) is 0 Å². The molecule has 1 saturated heterocycles. The molecule has 1 rings (SSSR count). The molecule has 1 aliphatic rings. The first kappa shape index (κ1) is 15.9. The Bertz CT molecular complexity index is 476. The highest BCUT2D eigenvalue weighted by molar-refractivity contribution is 4.87. The maximum Gasteiger partial charge on any atom is 0.495 e. The summed E-state index contributed by atoms with van der Waals surface area (Å²) in [6.07, 6.45) is -1.70. The molecule has 1 heterocycles. The van der Waals surface area contributed by atoms with Crippen LogP contribution in [0.3, 0.4) is 0 Å². The van der Waals surface area contributed by atoms with Gasteiger partial charge in [0, 0.05) is 0 Å². The van der Waals surface area contributed by atoms with Crippen molar-refractivity contribution < 1.29 is 24.7 Å². The van der Waals surface area contributed by atoms with Gasteiger partial charge in [-0.1, -0.05) is 5.01 Å². The van der Waals surface area contributed by atoms with E-state index in [1.807, 2.05) is 0 Å². The summed E-state index contributed by atoms with van der Waals surface area (Å²) in [6, 6.07) is 0. The molecule has 0 aromatic heterocycles. The molecule has 0 aromatic rings. The van der Waals surface area contributed by atoms with Gasteiger partial charge in [-0.2, -0.15) is 0 Å². The van der Waals surface area contributed by atoms with Gasteiger partial charge in [0.25, 0.3) is 0 Å². The lowest BCUT2D eigenvalue weighted by Crippen LogP contribution is -2.71. The summed E-state index contributed by atoms with van der Waals surface area (Å²) in [6.45, 7) is -2.85. The minimum atomic E-state index is -3.43. The van der Waals surface area contributed by atoms with E-state index >= 15 is 0 Å². The molecule has 0 amide bonds. The number of hydrogen-bond donors (Lipinski definition) is 0. The highest BCUT2D eigenvalue weighted by Crippen LogP contribution is 2.34. The molecule has 21 heavy (non-hydrogen) atoms. The van der Waals surface area contributed by atoms with Gasteiger partial charge in [-0.15, -0.1) is 0 Å². The Morgan fingerprint density at radius 1 is 0.667 bits per heavy atom. The zero-order valence-corrected chi connectivity index (χ0v) is 9.89. The molecule has 0 unspecified atom stereocenters. The highest BCUT2D eigenvalue weighted by Gasteiger charge is 2.79. The zero-order valence-electron chi connectivity index (χ0n) is 9.89. The number of nitro groups is 5. The lowest BCUT2D eigenvalue weighted by atomic mass is 9.91. The van der Waals surface area contributed by atoms with Gasteiger partial charge in [-0.05, 0) is 0 Å². The number of piperidine rings is 1. The fourth-order valence-corrected chi connectivity index (χ4v) is 1.94. The van der Waals surface area contributed by atoms with Crippen molar-refractivity contribution in [3.8, 4) is 0 Å². The van der Waals surface area contributed by atoms with Crippen LogP contribution in [0, 0.1) is 50.6 Å². The number of rotatable bonds is 5. The van der Waals surface area contributed by atoms with Crippen molar-refractivity contribution in [2.75, 3.05) is 13.1 Å². The van der Waals surface area contributed by atoms with Crippen LogP contribution < -0.4 is 0 Å². The SMILES string of the molecule is O=[N+]([O-])N1CC([N+](=O)[O-])([N+](=O)[O-])CC([N+](=O)[O-])([N+](=O)[O-])C1. The fraction of sp³-hybridized carbons (Fsp3) is 1.00. The molecule has 0 bridgehead atoms. The summed E-state index contributed by atoms with van der Waals surface area (Å²) in [5.74, 6) is 0. The zero-order chi connectivity index (χ0) is 16.6. The first-order chi connectivity index (χ1) is 9.49. The minimum Gasteiger partial charge on any atom is -0.258 e. The van der Waals surface area contributed by atoms with E-state index in [0.717, 1.165) is 0 Å². The molecule has 116 valence electrons. The van der Waals surface area contributed by atoms with Gasteiger partial charge in [0.15, 0.2) is 5.03 Å². The first-order valence-corrected chi connectivity index (χ1v) is 4.97. The monoisotopic (exact) mass is 310 g/mol. The van der Waals surface area contributed by atoms with Gasteiger partial charge in [-0.25, -0.2) is 10.1 Å². The summed E-state index contributed by atoms with van der Waals surface area (Å²) in [7, 11) is 0. The molecular weight excluding hydrogens is 304 g/mol. The second-order valence-electron chi connectivity index (χ2n) is 4.23. The van der Waals surface area contributed by atoms with Crippen LogP contribution in [0.4, 0.5) is 0 Å². The maximum absolute atomic E-state index is 10.9. The second-order valence-corrected chi connectivity index (χ2v) is 4.23. The van der Waals surface area contributed by atoms with Gasteiger partial charge in [0.1, 0.15) is 19.7 Å².